The number of benzene rings is 1. The molecule has 1 saturated heterocycles. The second-order valence-corrected chi connectivity index (χ2v) is 5.99. The Kier molecular flexibility index (Phi) is 5.06. The highest BCUT2D eigenvalue weighted by Crippen LogP contribution is 2.19. The number of piperidine rings is 1. The fourth-order valence-electron chi connectivity index (χ4n) is 2.50. The van der Waals surface area contributed by atoms with Crippen molar-refractivity contribution < 1.29 is 9.59 Å². The monoisotopic (exact) mass is 292 g/mol. The Bertz CT molecular complexity index is 504. The molecule has 1 heterocycles. The molecule has 2 amide bonds. The third-order valence-electron chi connectivity index (χ3n) is 3.67. The first-order valence-electron chi connectivity index (χ1n) is 6.80. The van der Waals surface area contributed by atoms with Crippen molar-refractivity contribution in [2.75, 3.05) is 19.3 Å². The molecule has 1 aliphatic rings. The van der Waals surface area contributed by atoms with Crippen LogP contribution in [0.25, 0.3) is 0 Å². The molecule has 1 aliphatic heterocycles. The first-order valence-corrected chi connectivity index (χ1v) is 8.02. The van der Waals surface area contributed by atoms with Crippen molar-refractivity contribution in [3.8, 4) is 0 Å². The molecular weight excluding hydrogens is 272 g/mol. The number of hydrogen-bond donors (Lipinski definition) is 1. The summed E-state index contributed by atoms with van der Waals surface area (Å²) in [7, 11) is 0. The van der Waals surface area contributed by atoms with Gasteiger partial charge in [0, 0.05) is 18.0 Å². The minimum absolute atomic E-state index is 0.0780. The number of nitrogens with two attached hydrogens (primary N) is 1. The number of carbonyl (C=O) groups is 2. The van der Waals surface area contributed by atoms with Crippen LogP contribution in [0.1, 0.15) is 18.4 Å². The number of rotatable bonds is 4. The maximum atomic E-state index is 12.3. The van der Waals surface area contributed by atoms with E-state index in [0.717, 1.165) is 29.8 Å². The van der Waals surface area contributed by atoms with Gasteiger partial charge in [-0.1, -0.05) is 12.1 Å². The second-order valence-electron chi connectivity index (χ2n) is 5.11. The van der Waals surface area contributed by atoms with Crippen LogP contribution in [0.15, 0.2) is 29.2 Å². The van der Waals surface area contributed by atoms with Crippen LogP contribution in [-0.2, 0) is 16.0 Å². The van der Waals surface area contributed by atoms with E-state index in [2.05, 4.69) is 0 Å². The average molecular weight is 292 g/mol. The molecule has 1 fully saturated rings. The SMILES string of the molecule is CSc1cccc(CC(=O)N2CCC[C@H](C(N)=O)C2)c1. The van der Waals surface area contributed by atoms with Crippen LogP contribution >= 0.6 is 11.8 Å². The highest BCUT2D eigenvalue weighted by atomic mass is 32.2. The van der Waals surface area contributed by atoms with E-state index in [9.17, 15) is 9.59 Å². The number of primary amides is 1. The summed E-state index contributed by atoms with van der Waals surface area (Å²) in [5.74, 6) is -0.411. The van der Waals surface area contributed by atoms with Gasteiger partial charge in [-0.2, -0.15) is 0 Å². The summed E-state index contributed by atoms with van der Waals surface area (Å²) in [4.78, 5) is 26.5. The topological polar surface area (TPSA) is 63.4 Å². The van der Waals surface area contributed by atoms with Gasteiger partial charge >= 0.3 is 0 Å². The Hall–Kier alpha value is -1.49. The summed E-state index contributed by atoms with van der Waals surface area (Å²) in [5, 5.41) is 0. The van der Waals surface area contributed by atoms with Gasteiger partial charge in [0.1, 0.15) is 0 Å². The zero-order valence-electron chi connectivity index (χ0n) is 11.7. The lowest BCUT2D eigenvalue weighted by atomic mass is 9.97. The Morgan fingerprint density at radius 2 is 2.25 bits per heavy atom. The molecule has 1 aromatic carbocycles. The van der Waals surface area contributed by atoms with Crippen LogP contribution in [0.3, 0.4) is 0 Å². The molecule has 0 spiro atoms. The second kappa shape index (κ2) is 6.79. The molecule has 0 saturated carbocycles. The molecule has 4 nitrogen and oxygen atoms in total. The van der Waals surface area contributed by atoms with E-state index in [1.54, 1.807) is 16.7 Å². The summed E-state index contributed by atoms with van der Waals surface area (Å²) in [6, 6.07) is 8.00. The van der Waals surface area contributed by atoms with Gasteiger partial charge in [0.15, 0.2) is 0 Å². The average Bonchev–Trinajstić information content (AvgIpc) is 2.47. The molecule has 0 unspecified atom stereocenters. The number of amides is 2. The molecule has 0 aromatic heterocycles. The van der Waals surface area contributed by atoms with Gasteiger partial charge in [0.05, 0.1) is 12.3 Å². The van der Waals surface area contributed by atoms with E-state index >= 15 is 0 Å². The van der Waals surface area contributed by atoms with Gasteiger partial charge in [0.2, 0.25) is 11.8 Å². The van der Waals surface area contributed by atoms with Crippen molar-refractivity contribution in [1.29, 1.82) is 0 Å². The third-order valence-corrected chi connectivity index (χ3v) is 4.39. The highest BCUT2D eigenvalue weighted by molar-refractivity contribution is 7.98. The predicted octanol–water partition coefficient (Wildman–Crippen LogP) is 1.67. The van der Waals surface area contributed by atoms with E-state index < -0.39 is 0 Å². The van der Waals surface area contributed by atoms with Crippen molar-refractivity contribution in [3.63, 3.8) is 0 Å². The van der Waals surface area contributed by atoms with Gasteiger partial charge in [-0.25, -0.2) is 0 Å². The molecule has 2 N–H and O–H groups in total. The number of nitrogens with zero attached hydrogens (tertiary/aromatic N) is 1. The van der Waals surface area contributed by atoms with E-state index in [-0.39, 0.29) is 17.7 Å². The van der Waals surface area contributed by atoms with Gasteiger partial charge in [0.25, 0.3) is 0 Å². The van der Waals surface area contributed by atoms with Crippen molar-refractivity contribution in [2.24, 2.45) is 11.7 Å². The minimum Gasteiger partial charge on any atom is -0.369 e. The number of carbonyl (C=O) groups excluding carboxylic acids is 2. The zero-order valence-corrected chi connectivity index (χ0v) is 12.5. The molecule has 1 aromatic rings. The molecule has 0 radical (unpaired) electrons. The lowest BCUT2D eigenvalue weighted by molar-refractivity contribution is -0.134. The number of likely N-dealkylation sites (tertiary alicyclic amines) is 1. The summed E-state index contributed by atoms with van der Waals surface area (Å²) in [6.07, 6.45) is 4.05. The molecular formula is C15H20N2O2S. The van der Waals surface area contributed by atoms with Crippen LogP contribution in [0.2, 0.25) is 0 Å². The maximum Gasteiger partial charge on any atom is 0.227 e. The number of hydrogen-bond acceptors (Lipinski definition) is 3. The largest absolute Gasteiger partial charge is 0.369 e. The zero-order chi connectivity index (χ0) is 14.5. The van der Waals surface area contributed by atoms with E-state index in [1.807, 2.05) is 30.5 Å². The molecule has 0 bridgehead atoms. The lowest BCUT2D eigenvalue weighted by Crippen LogP contribution is -2.44. The molecule has 0 aliphatic carbocycles. The molecule has 108 valence electrons. The Morgan fingerprint density at radius 3 is 2.95 bits per heavy atom. The molecule has 5 heteroatoms. The van der Waals surface area contributed by atoms with Crippen molar-refractivity contribution >= 4 is 23.6 Å². The van der Waals surface area contributed by atoms with Crippen LogP contribution in [0, 0.1) is 5.92 Å². The predicted molar refractivity (Wildman–Crippen MR) is 80.4 cm³/mol. The minimum atomic E-state index is -0.299. The smallest absolute Gasteiger partial charge is 0.227 e. The van der Waals surface area contributed by atoms with Gasteiger partial charge in [-0.05, 0) is 36.8 Å². The van der Waals surface area contributed by atoms with Gasteiger partial charge in [-0.15, -0.1) is 11.8 Å². The maximum absolute atomic E-state index is 12.3. The van der Waals surface area contributed by atoms with Crippen molar-refractivity contribution in [3.05, 3.63) is 29.8 Å². The van der Waals surface area contributed by atoms with Crippen LogP contribution < -0.4 is 5.73 Å². The van der Waals surface area contributed by atoms with Crippen LogP contribution in [0.4, 0.5) is 0 Å². The third kappa shape index (κ3) is 3.76. The van der Waals surface area contributed by atoms with Crippen molar-refractivity contribution in [1.82, 2.24) is 4.90 Å². The quantitative estimate of drug-likeness (QED) is 0.859. The fourth-order valence-corrected chi connectivity index (χ4v) is 2.99. The highest BCUT2D eigenvalue weighted by Gasteiger charge is 2.26. The number of thioether (sulfide) groups is 1. The summed E-state index contributed by atoms with van der Waals surface area (Å²) in [6.45, 7) is 1.20. The van der Waals surface area contributed by atoms with E-state index in [0.29, 0.717) is 13.0 Å². The summed E-state index contributed by atoms with van der Waals surface area (Å²) in [5.41, 5.74) is 6.36. The first kappa shape index (κ1) is 14.9. The molecule has 2 rings (SSSR count). The van der Waals surface area contributed by atoms with Gasteiger partial charge < -0.3 is 10.6 Å². The first-order chi connectivity index (χ1) is 9.60. The van der Waals surface area contributed by atoms with E-state index in [4.69, 9.17) is 5.73 Å². The summed E-state index contributed by atoms with van der Waals surface area (Å²) < 4.78 is 0. The standard InChI is InChI=1S/C15H20N2O2S/c1-20-13-6-2-4-11(8-13)9-14(18)17-7-3-5-12(10-17)15(16)19/h2,4,6,8,12H,3,5,7,9-10H2,1H3,(H2,16,19)/t12-/m0/s1. The van der Waals surface area contributed by atoms with Crippen LogP contribution in [0.5, 0.6) is 0 Å². The summed E-state index contributed by atoms with van der Waals surface area (Å²) >= 11 is 1.66. The molecule has 20 heavy (non-hydrogen) atoms. The van der Waals surface area contributed by atoms with Crippen LogP contribution in [-0.4, -0.2) is 36.1 Å². The van der Waals surface area contributed by atoms with E-state index in [1.165, 1.54) is 0 Å². The van der Waals surface area contributed by atoms with Gasteiger partial charge in [-0.3, -0.25) is 9.59 Å². The Balaban J connectivity index is 1.98. The van der Waals surface area contributed by atoms with Crippen molar-refractivity contribution in [2.45, 2.75) is 24.2 Å². The molecule has 1 atom stereocenters. The fraction of sp³-hybridized carbons (Fsp3) is 0.467. The normalized spacial score (nSPS) is 18.9. The Morgan fingerprint density at radius 1 is 1.45 bits per heavy atom. The lowest BCUT2D eigenvalue weighted by Gasteiger charge is -2.31. The Labute approximate surface area is 123 Å².